The predicted octanol–water partition coefficient (Wildman–Crippen LogP) is 2.24. The molecule has 0 spiro atoms. The SMILES string of the molecule is Cc1cc(C(=O)O)c2ccncc2c1. The second-order valence-corrected chi connectivity index (χ2v) is 3.21. The van der Waals surface area contributed by atoms with Crippen LogP contribution >= 0.6 is 0 Å². The van der Waals surface area contributed by atoms with E-state index in [2.05, 4.69) is 4.98 Å². The van der Waals surface area contributed by atoms with Crippen molar-refractivity contribution in [3.8, 4) is 0 Å². The van der Waals surface area contributed by atoms with Gasteiger partial charge in [0, 0.05) is 17.8 Å². The highest BCUT2D eigenvalue weighted by Crippen LogP contribution is 2.19. The number of carboxylic acids is 1. The first kappa shape index (κ1) is 8.69. The standard InChI is InChI=1S/C11H9NO2/c1-7-4-8-6-12-3-2-9(8)10(5-7)11(13)14/h2-6H,1H3,(H,13,14). The molecule has 0 aliphatic carbocycles. The molecule has 0 unspecified atom stereocenters. The molecule has 0 aliphatic heterocycles. The molecule has 2 rings (SSSR count). The van der Waals surface area contributed by atoms with Crippen LogP contribution in [0.15, 0.2) is 30.6 Å². The molecular weight excluding hydrogens is 178 g/mol. The predicted molar refractivity (Wildman–Crippen MR) is 53.4 cm³/mol. The number of aryl methyl sites for hydroxylation is 1. The van der Waals surface area contributed by atoms with Crippen molar-refractivity contribution >= 4 is 16.7 Å². The van der Waals surface area contributed by atoms with Crippen molar-refractivity contribution in [1.82, 2.24) is 4.98 Å². The first-order chi connectivity index (χ1) is 6.68. The second kappa shape index (κ2) is 3.10. The minimum Gasteiger partial charge on any atom is -0.478 e. The molecule has 0 saturated carbocycles. The minimum absolute atomic E-state index is 0.336. The number of carboxylic acid groups (broad SMARTS) is 1. The van der Waals surface area contributed by atoms with Gasteiger partial charge in [0.2, 0.25) is 0 Å². The first-order valence-corrected chi connectivity index (χ1v) is 4.26. The molecule has 0 atom stereocenters. The summed E-state index contributed by atoms with van der Waals surface area (Å²) in [4.78, 5) is 14.9. The van der Waals surface area contributed by atoms with Crippen LogP contribution < -0.4 is 0 Å². The van der Waals surface area contributed by atoms with Crippen LogP contribution in [-0.4, -0.2) is 16.1 Å². The Morgan fingerprint density at radius 1 is 1.43 bits per heavy atom. The fraction of sp³-hybridized carbons (Fsp3) is 0.0909. The van der Waals surface area contributed by atoms with Crippen molar-refractivity contribution < 1.29 is 9.90 Å². The molecule has 0 aliphatic rings. The lowest BCUT2D eigenvalue weighted by molar-refractivity contribution is 0.0699. The zero-order valence-corrected chi connectivity index (χ0v) is 7.69. The third kappa shape index (κ3) is 1.33. The van der Waals surface area contributed by atoms with E-state index in [-0.39, 0.29) is 0 Å². The number of fused-ring (bicyclic) bond motifs is 1. The Kier molecular flexibility index (Phi) is 1.93. The minimum atomic E-state index is -0.898. The maximum absolute atomic E-state index is 10.9. The quantitative estimate of drug-likeness (QED) is 0.744. The van der Waals surface area contributed by atoms with E-state index in [9.17, 15) is 4.79 Å². The van der Waals surface area contributed by atoms with Gasteiger partial charge in [0.1, 0.15) is 0 Å². The number of nitrogens with zero attached hydrogens (tertiary/aromatic N) is 1. The molecule has 2 aromatic rings. The molecule has 3 nitrogen and oxygen atoms in total. The molecule has 70 valence electrons. The summed E-state index contributed by atoms with van der Waals surface area (Å²) in [7, 11) is 0. The highest BCUT2D eigenvalue weighted by atomic mass is 16.4. The number of hydrogen-bond donors (Lipinski definition) is 1. The molecule has 0 bridgehead atoms. The lowest BCUT2D eigenvalue weighted by Gasteiger charge is -2.03. The van der Waals surface area contributed by atoms with Crippen molar-refractivity contribution in [2.45, 2.75) is 6.92 Å². The summed E-state index contributed by atoms with van der Waals surface area (Å²) in [6.07, 6.45) is 3.28. The monoisotopic (exact) mass is 187 g/mol. The first-order valence-electron chi connectivity index (χ1n) is 4.26. The lowest BCUT2D eigenvalue weighted by Crippen LogP contribution is -1.98. The largest absolute Gasteiger partial charge is 0.478 e. The van der Waals surface area contributed by atoms with Gasteiger partial charge in [0.05, 0.1) is 5.56 Å². The number of aromatic carboxylic acids is 1. The van der Waals surface area contributed by atoms with E-state index < -0.39 is 5.97 Å². The van der Waals surface area contributed by atoms with Gasteiger partial charge < -0.3 is 5.11 Å². The molecule has 0 saturated heterocycles. The molecular formula is C11H9NO2. The summed E-state index contributed by atoms with van der Waals surface area (Å²) < 4.78 is 0. The van der Waals surface area contributed by atoms with Gasteiger partial charge in [-0.15, -0.1) is 0 Å². The Hall–Kier alpha value is -1.90. The molecule has 1 aromatic carbocycles. The summed E-state index contributed by atoms with van der Waals surface area (Å²) in [5.41, 5.74) is 1.27. The van der Waals surface area contributed by atoms with Crippen LogP contribution in [0.5, 0.6) is 0 Å². The zero-order valence-electron chi connectivity index (χ0n) is 7.69. The normalized spacial score (nSPS) is 10.4. The van der Waals surface area contributed by atoms with Crippen LogP contribution in [-0.2, 0) is 0 Å². The molecule has 0 amide bonds. The lowest BCUT2D eigenvalue weighted by atomic mass is 10.0. The number of benzene rings is 1. The Balaban J connectivity index is 2.87. The number of rotatable bonds is 1. The zero-order chi connectivity index (χ0) is 10.1. The summed E-state index contributed by atoms with van der Waals surface area (Å²) in [6, 6.07) is 5.32. The molecule has 0 radical (unpaired) electrons. The highest BCUT2D eigenvalue weighted by Gasteiger charge is 2.08. The van der Waals surface area contributed by atoms with E-state index in [1.165, 1.54) is 0 Å². The summed E-state index contributed by atoms with van der Waals surface area (Å²) in [6.45, 7) is 1.87. The van der Waals surface area contributed by atoms with Crippen molar-refractivity contribution in [2.75, 3.05) is 0 Å². The van der Waals surface area contributed by atoms with Crippen LogP contribution in [0.2, 0.25) is 0 Å². The van der Waals surface area contributed by atoms with Crippen LogP contribution in [0.3, 0.4) is 0 Å². The van der Waals surface area contributed by atoms with E-state index in [1.807, 2.05) is 13.0 Å². The van der Waals surface area contributed by atoms with Crippen molar-refractivity contribution in [2.24, 2.45) is 0 Å². The second-order valence-electron chi connectivity index (χ2n) is 3.21. The maximum Gasteiger partial charge on any atom is 0.336 e. The Bertz CT molecular complexity index is 506. The van der Waals surface area contributed by atoms with Crippen molar-refractivity contribution in [1.29, 1.82) is 0 Å². The van der Waals surface area contributed by atoms with E-state index >= 15 is 0 Å². The Morgan fingerprint density at radius 2 is 2.21 bits per heavy atom. The third-order valence-electron chi connectivity index (χ3n) is 2.13. The van der Waals surface area contributed by atoms with Gasteiger partial charge in [-0.05, 0) is 36.1 Å². The van der Waals surface area contributed by atoms with Crippen molar-refractivity contribution in [3.63, 3.8) is 0 Å². The van der Waals surface area contributed by atoms with Gasteiger partial charge in [0.15, 0.2) is 0 Å². The average Bonchev–Trinajstić information content (AvgIpc) is 2.16. The van der Waals surface area contributed by atoms with Gasteiger partial charge in [-0.2, -0.15) is 0 Å². The Morgan fingerprint density at radius 3 is 2.93 bits per heavy atom. The fourth-order valence-electron chi connectivity index (χ4n) is 1.54. The number of hydrogen-bond acceptors (Lipinski definition) is 2. The highest BCUT2D eigenvalue weighted by molar-refractivity contribution is 6.03. The van der Waals surface area contributed by atoms with Gasteiger partial charge in [-0.25, -0.2) is 4.79 Å². The number of aromatic nitrogens is 1. The molecule has 1 heterocycles. The summed E-state index contributed by atoms with van der Waals surface area (Å²) in [5, 5.41) is 10.6. The van der Waals surface area contributed by atoms with Gasteiger partial charge in [0.25, 0.3) is 0 Å². The molecule has 14 heavy (non-hydrogen) atoms. The molecule has 1 N–H and O–H groups in total. The van der Waals surface area contributed by atoms with Crippen LogP contribution in [0, 0.1) is 6.92 Å². The maximum atomic E-state index is 10.9. The summed E-state index contributed by atoms with van der Waals surface area (Å²) >= 11 is 0. The van der Waals surface area contributed by atoms with Gasteiger partial charge >= 0.3 is 5.97 Å². The van der Waals surface area contributed by atoms with Gasteiger partial charge in [-0.1, -0.05) is 0 Å². The smallest absolute Gasteiger partial charge is 0.336 e. The Labute approximate surface area is 81.0 Å². The van der Waals surface area contributed by atoms with Crippen LogP contribution in [0.25, 0.3) is 10.8 Å². The average molecular weight is 187 g/mol. The van der Waals surface area contributed by atoms with E-state index in [4.69, 9.17) is 5.11 Å². The number of carbonyl (C=O) groups is 1. The number of pyridine rings is 1. The van der Waals surface area contributed by atoms with Gasteiger partial charge in [-0.3, -0.25) is 4.98 Å². The topological polar surface area (TPSA) is 50.2 Å². The summed E-state index contributed by atoms with van der Waals surface area (Å²) in [5.74, 6) is -0.898. The fourth-order valence-corrected chi connectivity index (χ4v) is 1.54. The van der Waals surface area contributed by atoms with Crippen LogP contribution in [0.4, 0.5) is 0 Å². The third-order valence-corrected chi connectivity index (χ3v) is 2.13. The van der Waals surface area contributed by atoms with E-state index in [0.717, 1.165) is 16.3 Å². The van der Waals surface area contributed by atoms with Crippen molar-refractivity contribution in [3.05, 3.63) is 41.7 Å². The van der Waals surface area contributed by atoms with E-state index in [1.54, 1.807) is 24.5 Å². The molecule has 1 aromatic heterocycles. The van der Waals surface area contributed by atoms with E-state index in [0.29, 0.717) is 5.56 Å². The molecule has 0 fully saturated rings. The van der Waals surface area contributed by atoms with Crippen LogP contribution in [0.1, 0.15) is 15.9 Å². The molecule has 3 heteroatoms.